The van der Waals surface area contributed by atoms with Gasteiger partial charge in [-0.1, -0.05) is 32.6 Å². The van der Waals surface area contributed by atoms with Crippen molar-refractivity contribution in [2.75, 3.05) is 26.7 Å². The monoisotopic (exact) mass is 252 g/mol. The molecule has 0 bridgehead atoms. The van der Waals surface area contributed by atoms with Crippen LogP contribution in [0.2, 0.25) is 0 Å². The van der Waals surface area contributed by atoms with Crippen LogP contribution < -0.4 is 5.32 Å². The van der Waals surface area contributed by atoms with Gasteiger partial charge in [0.05, 0.1) is 0 Å². The number of nitrogens with zero attached hydrogens (tertiary/aromatic N) is 1. The molecule has 1 atom stereocenters. The molecule has 1 unspecified atom stereocenters. The number of nitrogens with one attached hydrogen (secondary N) is 1. The summed E-state index contributed by atoms with van der Waals surface area (Å²) in [5, 5.41) is 3.46. The summed E-state index contributed by atoms with van der Waals surface area (Å²) in [5.41, 5.74) is 0.590. The molecule has 2 fully saturated rings. The molecule has 2 heteroatoms. The van der Waals surface area contributed by atoms with Crippen LogP contribution in [0.1, 0.15) is 64.7 Å². The fraction of sp³-hybridized carbons (Fsp3) is 1.00. The van der Waals surface area contributed by atoms with Gasteiger partial charge in [0.15, 0.2) is 0 Å². The number of likely N-dealkylation sites (tertiary alicyclic amines) is 1. The van der Waals surface area contributed by atoms with Crippen LogP contribution in [0.3, 0.4) is 0 Å². The first-order chi connectivity index (χ1) is 8.79. The molecule has 18 heavy (non-hydrogen) atoms. The summed E-state index contributed by atoms with van der Waals surface area (Å²) in [4.78, 5) is 2.84. The highest BCUT2D eigenvalue weighted by molar-refractivity contribution is 4.91. The Balaban J connectivity index is 1.99. The molecule has 0 aromatic heterocycles. The van der Waals surface area contributed by atoms with Crippen LogP contribution in [-0.4, -0.2) is 37.6 Å². The molecular formula is C16H32N2. The highest BCUT2D eigenvalue weighted by Crippen LogP contribution is 2.39. The van der Waals surface area contributed by atoms with Gasteiger partial charge in [-0.15, -0.1) is 0 Å². The minimum absolute atomic E-state index is 0.590. The molecule has 1 aliphatic heterocycles. The highest BCUT2D eigenvalue weighted by atomic mass is 15.2. The van der Waals surface area contributed by atoms with E-state index in [0.717, 1.165) is 6.04 Å². The van der Waals surface area contributed by atoms with E-state index in [-0.39, 0.29) is 0 Å². The van der Waals surface area contributed by atoms with E-state index in [1.54, 1.807) is 0 Å². The average Bonchev–Trinajstić information content (AvgIpc) is 2.70. The molecule has 1 saturated heterocycles. The first-order valence-electron chi connectivity index (χ1n) is 8.18. The van der Waals surface area contributed by atoms with Crippen LogP contribution in [0.15, 0.2) is 0 Å². The van der Waals surface area contributed by atoms with Gasteiger partial charge >= 0.3 is 0 Å². The molecule has 1 N–H and O–H groups in total. The molecule has 1 aliphatic carbocycles. The maximum Gasteiger partial charge on any atom is 0.00928 e. The largest absolute Gasteiger partial charge is 0.319 e. The minimum Gasteiger partial charge on any atom is -0.319 e. The summed E-state index contributed by atoms with van der Waals surface area (Å²) < 4.78 is 0. The van der Waals surface area contributed by atoms with Crippen LogP contribution in [0.5, 0.6) is 0 Å². The summed E-state index contributed by atoms with van der Waals surface area (Å²) in [6.45, 7) is 6.30. The van der Waals surface area contributed by atoms with Gasteiger partial charge in [-0.3, -0.25) is 4.90 Å². The standard InChI is InChI=1S/C16H32N2/c1-3-15-9-5-4-8-12-18(15)14-16(13-17-2)10-6-7-11-16/h15,17H,3-14H2,1-2H3. The maximum atomic E-state index is 3.46. The summed E-state index contributed by atoms with van der Waals surface area (Å²) in [6, 6.07) is 0.863. The Hall–Kier alpha value is -0.0800. The molecule has 0 aromatic rings. The first kappa shape index (κ1) is 14.3. The molecule has 2 nitrogen and oxygen atoms in total. The Labute approximate surface area is 114 Å². The van der Waals surface area contributed by atoms with E-state index >= 15 is 0 Å². The van der Waals surface area contributed by atoms with Gasteiger partial charge in [0, 0.05) is 19.1 Å². The molecule has 0 aromatic carbocycles. The average molecular weight is 252 g/mol. The lowest BCUT2D eigenvalue weighted by Crippen LogP contribution is -2.45. The van der Waals surface area contributed by atoms with Crippen molar-refractivity contribution in [3.63, 3.8) is 0 Å². The SMILES string of the molecule is CCC1CCCCCN1CC1(CNC)CCCC1. The van der Waals surface area contributed by atoms with Crippen molar-refractivity contribution in [2.24, 2.45) is 5.41 Å². The molecule has 2 aliphatic rings. The molecule has 0 amide bonds. The van der Waals surface area contributed by atoms with Crippen LogP contribution in [0, 0.1) is 5.41 Å². The smallest absolute Gasteiger partial charge is 0.00928 e. The lowest BCUT2D eigenvalue weighted by Gasteiger charge is -2.38. The van der Waals surface area contributed by atoms with Crippen molar-refractivity contribution in [3.05, 3.63) is 0 Å². The fourth-order valence-electron chi connectivity index (χ4n) is 4.23. The second-order valence-corrected chi connectivity index (χ2v) is 6.62. The van der Waals surface area contributed by atoms with Gasteiger partial charge < -0.3 is 5.32 Å². The van der Waals surface area contributed by atoms with Crippen LogP contribution in [0.4, 0.5) is 0 Å². The Bertz CT molecular complexity index is 233. The van der Waals surface area contributed by atoms with Crippen molar-refractivity contribution in [2.45, 2.75) is 70.8 Å². The molecule has 1 saturated carbocycles. The van der Waals surface area contributed by atoms with Gasteiger partial charge in [0.1, 0.15) is 0 Å². The zero-order valence-electron chi connectivity index (χ0n) is 12.5. The van der Waals surface area contributed by atoms with E-state index in [4.69, 9.17) is 0 Å². The quantitative estimate of drug-likeness (QED) is 0.806. The van der Waals surface area contributed by atoms with Gasteiger partial charge in [-0.2, -0.15) is 0 Å². The summed E-state index contributed by atoms with van der Waals surface area (Å²) >= 11 is 0. The molecular weight excluding hydrogens is 220 g/mol. The number of hydrogen-bond acceptors (Lipinski definition) is 2. The Morgan fingerprint density at radius 1 is 1.11 bits per heavy atom. The third kappa shape index (κ3) is 3.48. The second kappa shape index (κ2) is 6.91. The van der Waals surface area contributed by atoms with E-state index in [0.29, 0.717) is 5.41 Å². The second-order valence-electron chi connectivity index (χ2n) is 6.62. The Morgan fingerprint density at radius 3 is 2.56 bits per heavy atom. The van der Waals surface area contributed by atoms with Crippen molar-refractivity contribution >= 4 is 0 Å². The van der Waals surface area contributed by atoms with E-state index in [1.165, 1.54) is 77.4 Å². The molecule has 2 rings (SSSR count). The van der Waals surface area contributed by atoms with Crippen molar-refractivity contribution in [1.82, 2.24) is 10.2 Å². The lowest BCUT2D eigenvalue weighted by molar-refractivity contribution is 0.109. The topological polar surface area (TPSA) is 15.3 Å². The fourth-order valence-corrected chi connectivity index (χ4v) is 4.23. The zero-order valence-corrected chi connectivity index (χ0v) is 12.5. The third-order valence-corrected chi connectivity index (χ3v) is 5.22. The zero-order chi connectivity index (χ0) is 12.8. The van der Waals surface area contributed by atoms with Gasteiger partial charge in [-0.25, -0.2) is 0 Å². The van der Waals surface area contributed by atoms with E-state index in [2.05, 4.69) is 24.2 Å². The van der Waals surface area contributed by atoms with Gasteiger partial charge in [0.2, 0.25) is 0 Å². The van der Waals surface area contributed by atoms with Crippen molar-refractivity contribution in [3.8, 4) is 0 Å². The Morgan fingerprint density at radius 2 is 1.89 bits per heavy atom. The van der Waals surface area contributed by atoms with Crippen LogP contribution in [-0.2, 0) is 0 Å². The van der Waals surface area contributed by atoms with E-state index < -0.39 is 0 Å². The van der Waals surface area contributed by atoms with Crippen molar-refractivity contribution in [1.29, 1.82) is 0 Å². The third-order valence-electron chi connectivity index (χ3n) is 5.22. The normalized spacial score (nSPS) is 29.3. The predicted octanol–water partition coefficient (Wildman–Crippen LogP) is 3.42. The van der Waals surface area contributed by atoms with Crippen LogP contribution >= 0.6 is 0 Å². The van der Waals surface area contributed by atoms with Crippen molar-refractivity contribution < 1.29 is 0 Å². The number of hydrogen-bond donors (Lipinski definition) is 1. The maximum absolute atomic E-state index is 3.46. The predicted molar refractivity (Wildman–Crippen MR) is 78.9 cm³/mol. The summed E-state index contributed by atoms with van der Waals surface area (Å²) in [7, 11) is 2.12. The summed E-state index contributed by atoms with van der Waals surface area (Å²) in [6.07, 6.45) is 12.9. The highest BCUT2D eigenvalue weighted by Gasteiger charge is 2.36. The molecule has 1 heterocycles. The molecule has 0 radical (unpaired) electrons. The minimum atomic E-state index is 0.590. The molecule has 0 spiro atoms. The van der Waals surface area contributed by atoms with Crippen LogP contribution in [0.25, 0.3) is 0 Å². The van der Waals surface area contributed by atoms with Gasteiger partial charge in [-0.05, 0) is 51.1 Å². The van der Waals surface area contributed by atoms with E-state index in [1.807, 2.05) is 0 Å². The molecule has 106 valence electrons. The first-order valence-corrected chi connectivity index (χ1v) is 8.18. The van der Waals surface area contributed by atoms with E-state index in [9.17, 15) is 0 Å². The van der Waals surface area contributed by atoms with Gasteiger partial charge in [0.25, 0.3) is 0 Å². The number of rotatable bonds is 5. The Kier molecular flexibility index (Phi) is 5.50. The lowest BCUT2D eigenvalue weighted by atomic mass is 9.84. The summed E-state index contributed by atoms with van der Waals surface area (Å²) in [5.74, 6) is 0.